The highest BCUT2D eigenvalue weighted by Crippen LogP contribution is 2.41. The van der Waals surface area contributed by atoms with Crippen molar-refractivity contribution in [1.29, 1.82) is 0 Å². The van der Waals surface area contributed by atoms with Crippen LogP contribution < -0.4 is 4.74 Å². The van der Waals surface area contributed by atoms with Crippen molar-refractivity contribution in [2.75, 3.05) is 19.7 Å². The van der Waals surface area contributed by atoms with Crippen LogP contribution in [-0.4, -0.2) is 36.6 Å². The number of rotatable bonds is 6. The summed E-state index contributed by atoms with van der Waals surface area (Å²) in [5.41, 5.74) is 5.64. The number of allylic oxidation sites excluding steroid dienone is 5. The summed E-state index contributed by atoms with van der Waals surface area (Å²) < 4.78 is 20.5. The van der Waals surface area contributed by atoms with E-state index in [0.717, 1.165) is 60.2 Å². The molecule has 0 saturated carbocycles. The van der Waals surface area contributed by atoms with E-state index < -0.39 is 0 Å². The molecule has 5 heteroatoms. The molecule has 0 N–H and O–H groups in total. The van der Waals surface area contributed by atoms with Gasteiger partial charge in [0.05, 0.1) is 0 Å². The maximum atomic E-state index is 14.5. The molecule has 0 bridgehead atoms. The Morgan fingerprint density at radius 1 is 1.21 bits per heavy atom. The summed E-state index contributed by atoms with van der Waals surface area (Å²) >= 11 is 0. The zero-order valence-electron chi connectivity index (χ0n) is 17.8. The molecule has 1 aromatic carbocycles. The van der Waals surface area contributed by atoms with E-state index in [1.807, 2.05) is 13.0 Å². The molecule has 3 rings (SSSR count). The SMILES string of the molecule is CCCN(CCC)[C@H]1COc2c(F)ccc(C3=C(C)C(=C=O)CC=C3C)c2C1.Cl. The number of halogens is 2. The second-order valence-electron chi connectivity index (χ2n) is 7.78. The highest BCUT2D eigenvalue weighted by Gasteiger charge is 2.30. The summed E-state index contributed by atoms with van der Waals surface area (Å²) in [6.45, 7) is 10.9. The van der Waals surface area contributed by atoms with Crippen LogP contribution in [0.4, 0.5) is 4.39 Å². The Kier molecular flexibility index (Phi) is 8.27. The first-order chi connectivity index (χ1) is 13.5. The van der Waals surface area contributed by atoms with Crippen molar-refractivity contribution in [3.63, 3.8) is 0 Å². The molecule has 1 atom stereocenters. The number of ether oxygens (including phenoxy) is 1. The highest BCUT2D eigenvalue weighted by molar-refractivity contribution is 5.89. The van der Waals surface area contributed by atoms with Crippen molar-refractivity contribution in [1.82, 2.24) is 4.90 Å². The van der Waals surface area contributed by atoms with Crippen LogP contribution in [0.2, 0.25) is 0 Å². The van der Waals surface area contributed by atoms with Gasteiger partial charge in [-0.2, -0.15) is 0 Å². The molecule has 1 heterocycles. The topological polar surface area (TPSA) is 29.5 Å². The Bertz CT molecular complexity index is 862. The van der Waals surface area contributed by atoms with Gasteiger partial charge >= 0.3 is 0 Å². The monoisotopic (exact) mass is 419 g/mol. The molecule has 29 heavy (non-hydrogen) atoms. The molecule has 2 aliphatic rings. The first-order valence-electron chi connectivity index (χ1n) is 10.3. The maximum absolute atomic E-state index is 14.5. The zero-order valence-corrected chi connectivity index (χ0v) is 18.6. The number of hydrogen-bond acceptors (Lipinski definition) is 3. The Morgan fingerprint density at radius 3 is 2.52 bits per heavy atom. The molecule has 0 unspecified atom stereocenters. The zero-order chi connectivity index (χ0) is 20.3. The normalized spacial score (nSPS) is 18.6. The fraction of sp³-hybridized carbons (Fsp3) is 0.500. The minimum atomic E-state index is -0.309. The molecule has 1 aliphatic heterocycles. The van der Waals surface area contributed by atoms with Gasteiger partial charge in [0.2, 0.25) is 0 Å². The van der Waals surface area contributed by atoms with Crippen LogP contribution in [0.5, 0.6) is 5.75 Å². The van der Waals surface area contributed by atoms with Gasteiger partial charge in [0, 0.05) is 23.6 Å². The summed E-state index contributed by atoms with van der Waals surface area (Å²) in [4.78, 5) is 13.8. The third-order valence-corrected chi connectivity index (χ3v) is 5.84. The molecular formula is C24H31ClFNO2. The van der Waals surface area contributed by atoms with Crippen LogP contribution in [0.15, 0.2) is 34.9 Å². The van der Waals surface area contributed by atoms with E-state index in [9.17, 15) is 9.18 Å². The fourth-order valence-electron chi connectivity index (χ4n) is 4.44. The van der Waals surface area contributed by atoms with E-state index in [0.29, 0.717) is 24.4 Å². The molecule has 0 aromatic heterocycles. The predicted molar refractivity (Wildman–Crippen MR) is 119 cm³/mol. The lowest BCUT2D eigenvalue weighted by atomic mass is 9.82. The van der Waals surface area contributed by atoms with E-state index in [-0.39, 0.29) is 24.3 Å². The summed E-state index contributed by atoms with van der Waals surface area (Å²) in [6.07, 6.45) is 5.58. The van der Waals surface area contributed by atoms with Crippen molar-refractivity contribution >= 4 is 23.9 Å². The van der Waals surface area contributed by atoms with Crippen LogP contribution >= 0.6 is 12.4 Å². The van der Waals surface area contributed by atoms with Crippen molar-refractivity contribution in [2.24, 2.45) is 0 Å². The number of benzene rings is 1. The van der Waals surface area contributed by atoms with Crippen LogP contribution in [0, 0.1) is 5.82 Å². The van der Waals surface area contributed by atoms with Crippen LogP contribution in [0.3, 0.4) is 0 Å². The van der Waals surface area contributed by atoms with Gasteiger partial charge in [-0.25, -0.2) is 9.18 Å². The first-order valence-corrected chi connectivity index (χ1v) is 10.3. The van der Waals surface area contributed by atoms with Crippen LogP contribution in [0.25, 0.3) is 5.57 Å². The van der Waals surface area contributed by atoms with Gasteiger partial charge < -0.3 is 4.74 Å². The van der Waals surface area contributed by atoms with Gasteiger partial charge in [-0.1, -0.05) is 26.0 Å². The molecular weight excluding hydrogens is 389 g/mol. The quantitative estimate of drug-likeness (QED) is 0.566. The first kappa shape index (κ1) is 23.4. The van der Waals surface area contributed by atoms with Crippen LogP contribution in [-0.2, 0) is 11.2 Å². The predicted octanol–water partition coefficient (Wildman–Crippen LogP) is 5.55. The lowest BCUT2D eigenvalue weighted by Crippen LogP contribution is -2.44. The third-order valence-electron chi connectivity index (χ3n) is 5.84. The van der Waals surface area contributed by atoms with E-state index in [2.05, 4.69) is 37.7 Å². The number of carbonyl (C=O) groups excluding carboxylic acids is 1. The minimum absolute atomic E-state index is 0. The number of fused-ring (bicyclic) bond motifs is 1. The Balaban J connectivity index is 0.00000300. The lowest BCUT2D eigenvalue weighted by molar-refractivity contribution is 0.115. The molecule has 0 amide bonds. The Labute approximate surface area is 179 Å². The molecule has 158 valence electrons. The molecule has 0 radical (unpaired) electrons. The summed E-state index contributed by atoms with van der Waals surface area (Å²) in [7, 11) is 0. The van der Waals surface area contributed by atoms with Crippen molar-refractivity contribution < 1.29 is 13.9 Å². The van der Waals surface area contributed by atoms with Gasteiger partial charge in [-0.05, 0) is 74.5 Å². The lowest BCUT2D eigenvalue weighted by Gasteiger charge is -2.36. The molecule has 1 aromatic rings. The Morgan fingerprint density at radius 2 is 1.90 bits per heavy atom. The average Bonchev–Trinajstić information content (AvgIpc) is 2.69. The van der Waals surface area contributed by atoms with E-state index in [1.54, 1.807) is 0 Å². The highest BCUT2D eigenvalue weighted by atomic mass is 35.5. The van der Waals surface area contributed by atoms with Gasteiger partial charge in [0.1, 0.15) is 12.5 Å². The smallest absolute Gasteiger partial charge is 0.165 e. The third kappa shape index (κ3) is 4.66. The van der Waals surface area contributed by atoms with Gasteiger partial charge in [0.25, 0.3) is 0 Å². The molecule has 1 aliphatic carbocycles. The van der Waals surface area contributed by atoms with Gasteiger partial charge in [0.15, 0.2) is 11.6 Å². The van der Waals surface area contributed by atoms with Crippen molar-refractivity contribution in [3.8, 4) is 5.75 Å². The van der Waals surface area contributed by atoms with Gasteiger partial charge in [-0.15, -0.1) is 12.4 Å². The number of hydrogen-bond donors (Lipinski definition) is 0. The average molecular weight is 420 g/mol. The standard InChI is InChI=1S/C24H30FNO2.ClH/c1-5-11-26(12-6-2)19-13-21-20(9-10-22(25)24(21)28-15-19)23-16(3)7-8-18(14-27)17(23)4;/h7,9-10,19H,5-6,8,11-13,15H2,1-4H3;1H/t19-;/m1./s1. The van der Waals surface area contributed by atoms with Gasteiger partial charge in [-0.3, -0.25) is 4.90 Å². The van der Waals surface area contributed by atoms with Crippen molar-refractivity contribution in [2.45, 2.75) is 59.4 Å². The molecule has 0 fully saturated rings. The van der Waals surface area contributed by atoms with E-state index >= 15 is 0 Å². The minimum Gasteiger partial charge on any atom is -0.489 e. The second kappa shape index (κ2) is 10.2. The largest absolute Gasteiger partial charge is 0.489 e. The summed E-state index contributed by atoms with van der Waals surface area (Å²) in [5, 5.41) is 0. The maximum Gasteiger partial charge on any atom is 0.165 e. The van der Waals surface area contributed by atoms with Crippen LogP contribution in [0.1, 0.15) is 58.1 Å². The fourth-order valence-corrected chi connectivity index (χ4v) is 4.44. The van der Waals surface area contributed by atoms with E-state index in [1.165, 1.54) is 6.07 Å². The summed E-state index contributed by atoms with van der Waals surface area (Å²) in [5.74, 6) is 2.14. The summed E-state index contributed by atoms with van der Waals surface area (Å²) in [6, 6.07) is 3.56. The van der Waals surface area contributed by atoms with Crippen molar-refractivity contribution in [3.05, 3.63) is 51.9 Å². The molecule has 0 saturated heterocycles. The molecule has 3 nitrogen and oxygen atoms in total. The number of nitrogens with zero attached hydrogens (tertiary/aromatic N) is 1. The Hall–Kier alpha value is -1.87. The van der Waals surface area contributed by atoms with E-state index in [4.69, 9.17) is 4.74 Å². The second-order valence-corrected chi connectivity index (χ2v) is 7.78. The molecule has 0 spiro atoms.